The van der Waals surface area contributed by atoms with E-state index in [0.717, 1.165) is 16.9 Å². The van der Waals surface area contributed by atoms with Gasteiger partial charge in [-0.1, -0.05) is 35.9 Å². The van der Waals surface area contributed by atoms with Crippen LogP contribution in [0.25, 0.3) is 0 Å². The lowest BCUT2D eigenvalue weighted by Gasteiger charge is -2.08. The molecule has 0 aliphatic carbocycles. The third kappa shape index (κ3) is 5.93. The molecule has 5 nitrogen and oxygen atoms in total. The van der Waals surface area contributed by atoms with Gasteiger partial charge in [-0.05, 0) is 35.4 Å². The Labute approximate surface area is 145 Å². The first-order chi connectivity index (χ1) is 11.6. The van der Waals surface area contributed by atoms with Gasteiger partial charge in [-0.3, -0.25) is 9.59 Å². The lowest BCUT2D eigenvalue weighted by molar-refractivity contribution is -0.147. The number of ether oxygens (including phenoxy) is 2. The summed E-state index contributed by atoms with van der Waals surface area (Å²) < 4.78 is 10.1. The highest BCUT2D eigenvalue weighted by Crippen LogP contribution is 2.12. The predicted molar refractivity (Wildman–Crippen MR) is 91.0 cm³/mol. The van der Waals surface area contributed by atoms with Gasteiger partial charge in [0.25, 0.3) is 5.91 Å². The van der Waals surface area contributed by atoms with Crippen LogP contribution >= 0.6 is 11.6 Å². The van der Waals surface area contributed by atoms with E-state index in [-0.39, 0.29) is 18.9 Å². The number of esters is 1. The number of carbonyl (C=O) groups is 2. The molecule has 0 aliphatic heterocycles. The topological polar surface area (TPSA) is 64.6 Å². The lowest BCUT2D eigenvalue weighted by Crippen LogP contribution is -2.28. The molecule has 0 unspecified atom stereocenters. The molecule has 0 aliphatic rings. The van der Waals surface area contributed by atoms with Crippen molar-refractivity contribution in [3.05, 3.63) is 64.7 Å². The maximum absolute atomic E-state index is 11.7. The van der Waals surface area contributed by atoms with Crippen LogP contribution in [-0.2, 0) is 27.3 Å². The summed E-state index contributed by atoms with van der Waals surface area (Å²) in [6.07, 6.45) is 0.0976. The third-order valence-corrected chi connectivity index (χ3v) is 3.50. The molecule has 1 amide bonds. The second-order valence-electron chi connectivity index (χ2n) is 5.09. The first-order valence-electron chi connectivity index (χ1n) is 7.36. The zero-order valence-corrected chi connectivity index (χ0v) is 14.0. The Morgan fingerprint density at radius 2 is 1.83 bits per heavy atom. The van der Waals surface area contributed by atoms with Crippen LogP contribution in [0.1, 0.15) is 11.1 Å². The second-order valence-corrected chi connectivity index (χ2v) is 5.53. The van der Waals surface area contributed by atoms with Crippen molar-refractivity contribution in [1.29, 1.82) is 0 Å². The van der Waals surface area contributed by atoms with Crippen LogP contribution in [0.2, 0.25) is 5.02 Å². The number of nitrogens with one attached hydrogen (secondary N) is 1. The van der Waals surface area contributed by atoms with Crippen LogP contribution in [0.15, 0.2) is 48.5 Å². The molecule has 126 valence electrons. The van der Waals surface area contributed by atoms with Crippen LogP contribution in [0.4, 0.5) is 0 Å². The van der Waals surface area contributed by atoms with Gasteiger partial charge in [0.15, 0.2) is 6.61 Å². The highest BCUT2D eigenvalue weighted by molar-refractivity contribution is 6.30. The van der Waals surface area contributed by atoms with Crippen molar-refractivity contribution >= 4 is 23.5 Å². The van der Waals surface area contributed by atoms with Crippen LogP contribution in [0.5, 0.6) is 5.75 Å². The summed E-state index contributed by atoms with van der Waals surface area (Å²) in [5.74, 6) is -0.104. The van der Waals surface area contributed by atoms with E-state index in [1.807, 2.05) is 24.3 Å². The molecular formula is C18H18ClNO4. The molecule has 2 rings (SSSR count). The van der Waals surface area contributed by atoms with Crippen molar-refractivity contribution in [1.82, 2.24) is 5.32 Å². The summed E-state index contributed by atoms with van der Waals surface area (Å²) in [6.45, 7) is 0.0289. The van der Waals surface area contributed by atoms with E-state index < -0.39 is 5.97 Å². The fourth-order valence-corrected chi connectivity index (χ4v) is 2.13. The van der Waals surface area contributed by atoms with E-state index in [0.29, 0.717) is 11.6 Å². The molecule has 0 atom stereocenters. The molecule has 0 saturated heterocycles. The Bertz CT molecular complexity index is 700. The van der Waals surface area contributed by atoms with Gasteiger partial charge in [0.2, 0.25) is 0 Å². The number of carbonyl (C=O) groups excluding carboxylic acids is 2. The molecule has 0 radical (unpaired) electrons. The van der Waals surface area contributed by atoms with Gasteiger partial charge in [-0.15, -0.1) is 0 Å². The van der Waals surface area contributed by atoms with Crippen molar-refractivity contribution in [3.8, 4) is 5.75 Å². The van der Waals surface area contributed by atoms with E-state index in [9.17, 15) is 9.59 Å². The fraction of sp³-hybridized carbons (Fsp3) is 0.222. The van der Waals surface area contributed by atoms with Crippen molar-refractivity contribution in [3.63, 3.8) is 0 Å². The van der Waals surface area contributed by atoms with Crippen molar-refractivity contribution in [2.45, 2.75) is 13.0 Å². The summed E-state index contributed by atoms with van der Waals surface area (Å²) in [5, 5.41) is 3.29. The highest BCUT2D eigenvalue weighted by Gasteiger charge is 2.08. The largest absolute Gasteiger partial charge is 0.497 e. The van der Waals surface area contributed by atoms with Crippen LogP contribution < -0.4 is 10.1 Å². The van der Waals surface area contributed by atoms with Gasteiger partial charge in [0.1, 0.15) is 5.75 Å². The summed E-state index contributed by atoms with van der Waals surface area (Å²) in [7, 11) is 1.58. The smallest absolute Gasteiger partial charge is 0.310 e. The van der Waals surface area contributed by atoms with E-state index in [1.165, 1.54) is 0 Å². The number of amides is 1. The van der Waals surface area contributed by atoms with Gasteiger partial charge in [0.05, 0.1) is 13.5 Å². The normalized spacial score (nSPS) is 10.1. The van der Waals surface area contributed by atoms with Gasteiger partial charge < -0.3 is 14.8 Å². The van der Waals surface area contributed by atoms with E-state index in [1.54, 1.807) is 31.4 Å². The molecule has 0 bridgehead atoms. The van der Waals surface area contributed by atoms with Crippen LogP contribution in [0, 0.1) is 0 Å². The fourth-order valence-electron chi connectivity index (χ4n) is 2.00. The maximum Gasteiger partial charge on any atom is 0.310 e. The second kappa shape index (κ2) is 8.93. The Morgan fingerprint density at radius 1 is 1.08 bits per heavy atom. The molecule has 2 aromatic rings. The minimum absolute atomic E-state index is 0.0976. The average molecular weight is 348 g/mol. The minimum Gasteiger partial charge on any atom is -0.497 e. The molecule has 0 aromatic heterocycles. The van der Waals surface area contributed by atoms with Gasteiger partial charge in [-0.25, -0.2) is 0 Å². The molecule has 0 saturated carbocycles. The van der Waals surface area contributed by atoms with Crippen molar-refractivity contribution in [2.24, 2.45) is 0 Å². The van der Waals surface area contributed by atoms with E-state index >= 15 is 0 Å². The van der Waals surface area contributed by atoms with Gasteiger partial charge in [-0.2, -0.15) is 0 Å². The molecule has 2 aromatic carbocycles. The summed E-state index contributed by atoms with van der Waals surface area (Å²) in [4.78, 5) is 23.4. The molecular weight excluding hydrogens is 330 g/mol. The number of methoxy groups -OCH3 is 1. The van der Waals surface area contributed by atoms with E-state index in [2.05, 4.69) is 5.32 Å². The quantitative estimate of drug-likeness (QED) is 0.782. The summed E-state index contributed by atoms with van der Waals surface area (Å²) >= 11 is 5.78. The highest BCUT2D eigenvalue weighted by atomic mass is 35.5. The third-order valence-electron chi connectivity index (χ3n) is 3.25. The minimum atomic E-state index is -0.464. The molecule has 6 heteroatoms. The first kappa shape index (κ1) is 17.8. The molecule has 0 spiro atoms. The Balaban J connectivity index is 1.72. The number of hydrogen-bond acceptors (Lipinski definition) is 4. The molecule has 24 heavy (non-hydrogen) atoms. The molecule has 1 N–H and O–H groups in total. The molecule has 0 fully saturated rings. The van der Waals surface area contributed by atoms with E-state index in [4.69, 9.17) is 21.1 Å². The first-order valence-corrected chi connectivity index (χ1v) is 7.74. The Kier molecular flexibility index (Phi) is 6.63. The van der Waals surface area contributed by atoms with Gasteiger partial charge in [0, 0.05) is 11.6 Å². The standard InChI is InChI=1S/C18H18ClNO4/c1-23-16-4-2-3-14(9-16)11-20-17(21)12-24-18(22)10-13-5-7-15(19)8-6-13/h2-9H,10-12H2,1H3,(H,20,21). The predicted octanol–water partition coefficient (Wildman–Crippen LogP) is 2.75. The summed E-state index contributed by atoms with van der Waals surface area (Å²) in [5.41, 5.74) is 1.68. The van der Waals surface area contributed by atoms with Crippen LogP contribution in [0.3, 0.4) is 0 Å². The van der Waals surface area contributed by atoms with Gasteiger partial charge >= 0.3 is 5.97 Å². The molecule has 0 heterocycles. The number of halogens is 1. The zero-order chi connectivity index (χ0) is 17.4. The Hall–Kier alpha value is -2.53. The number of hydrogen-bond donors (Lipinski definition) is 1. The van der Waals surface area contributed by atoms with Crippen LogP contribution in [-0.4, -0.2) is 25.6 Å². The maximum atomic E-state index is 11.7. The lowest BCUT2D eigenvalue weighted by atomic mass is 10.1. The Morgan fingerprint density at radius 3 is 2.54 bits per heavy atom. The van der Waals surface area contributed by atoms with Crippen molar-refractivity contribution < 1.29 is 19.1 Å². The van der Waals surface area contributed by atoms with Crippen molar-refractivity contribution in [2.75, 3.05) is 13.7 Å². The monoisotopic (exact) mass is 347 g/mol. The number of rotatable bonds is 7. The summed E-state index contributed by atoms with van der Waals surface area (Å²) in [6, 6.07) is 14.2. The zero-order valence-electron chi connectivity index (χ0n) is 13.3. The SMILES string of the molecule is COc1cccc(CNC(=O)COC(=O)Cc2ccc(Cl)cc2)c1. The average Bonchev–Trinajstić information content (AvgIpc) is 2.60. The number of benzene rings is 2.